The normalized spacial score (nSPS) is 11.6. The molecule has 94 valence electrons. The first-order valence-corrected chi connectivity index (χ1v) is 5.69. The Hall–Kier alpha value is -1.29. The first kappa shape index (κ1) is 13.8. The fourth-order valence-electron chi connectivity index (χ4n) is 1.68. The van der Waals surface area contributed by atoms with Gasteiger partial charge in [0.1, 0.15) is 0 Å². The van der Waals surface area contributed by atoms with Crippen LogP contribution in [0.5, 0.6) is 0 Å². The molecule has 0 aliphatic carbocycles. The summed E-state index contributed by atoms with van der Waals surface area (Å²) in [7, 11) is 0. The standard InChI is InChI=1S/C13H17F2NO/c1-3-13(16,4-2)11(17)8-9-6-5-7-10(14)12(9)15/h5-7H,3-4,8,16H2,1-2H3. The maximum absolute atomic E-state index is 13.4. The van der Waals surface area contributed by atoms with E-state index in [9.17, 15) is 13.6 Å². The number of nitrogens with two attached hydrogens (primary N) is 1. The highest BCUT2D eigenvalue weighted by atomic mass is 19.2. The summed E-state index contributed by atoms with van der Waals surface area (Å²) in [4.78, 5) is 11.9. The molecule has 0 atom stereocenters. The van der Waals surface area contributed by atoms with E-state index < -0.39 is 17.2 Å². The van der Waals surface area contributed by atoms with Gasteiger partial charge in [-0.2, -0.15) is 0 Å². The predicted molar refractivity (Wildman–Crippen MR) is 62.6 cm³/mol. The van der Waals surface area contributed by atoms with Gasteiger partial charge in [-0.3, -0.25) is 4.79 Å². The van der Waals surface area contributed by atoms with E-state index in [0.717, 1.165) is 6.07 Å². The molecule has 0 fully saturated rings. The zero-order chi connectivity index (χ0) is 13.1. The lowest BCUT2D eigenvalue weighted by Gasteiger charge is -2.24. The Bertz CT molecular complexity index is 414. The molecule has 1 rings (SSSR count). The first-order valence-electron chi connectivity index (χ1n) is 5.69. The van der Waals surface area contributed by atoms with Crippen molar-refractivity contribution in [3.63, 3.8) is 0 Å². The average molecular weight is 241 g/mol. The number of rotatable bonds is 5. The number of ketones is 1. The molecule has 0 spiro atoms. The second-order valence-electron chi connectivity index (χ2n) is 4.18. The van der Waals surface area contributed by atoms with Gasteiger partial charge in [-0.25, -0.2) is 8.78 Å². The lowest BCUT2D eigenvalue weighted by Crippen LogP contribution is -2.47. The van der Waals surface area contributed by atoms with Crippen LogP contribution in [0.4, 0.5) is 8.78 Å². The van der Waals surface area contributed by atoms with Gasteiger partial charge in [0.05, 0.1) is 5.54 Å². The molecule has 0 amide bonds. The van der Waals surface area contributed by atoms with E-state index in [0.29, 0.717) is 12.8 Å². The molecule has 0 radical (unpaired) electrons. The Balaban J connectivity index is 2.92. The highest BCUT2D eigenvalue weighted by Crippen LogP contribution is 2.18. The second kappa shape index (κ2) is 5.36. The van der Waals surface area contributed by atoms with Crippen LogP contribution in [0.2, 0.25) is 0 Å². The fourth-order valence-corrected chi connectivity index (χ4v) is 1.68. The maximum Gasteiger partial charge on any atom is 0.162 e. The molecule has 0 saturated carbocycles. The van der Waals surface area contributed by atoms with Crippen LogP contribution < -0.4 is 5.73 Å². The molecule has 0 unspecified atom stereocenters. The van der Waals surface area contributed by atoms with Gasteiger partial charge in [0.25, 0.3) is 0 Å². The summed E-state index contributed by atoms with van der Waals surface area (Å²) >= 11 is 0. The summed E-state index contributed by atoms with van der Waals surface area (Å²) in [5, 5.41) is 0. The lowest BCUT2D eigenvalue weighted by atomic mass is 9.86. The van der Waals surface area contributed by atoms with Gasteiger partial charge in [-0.05, 0) is 24.5 Å². The van der Waals surface area contributed by atoms with Gasteiger partial charge in [0, 0.05) is 6.42 Å². The molecule has 17 heavy (non-hydrogen) atoms. The number of carbonyl (C=O) groups is 1. The van der Waals surface area contributed by atoms with Crippen molar-refractivity contribution in [1.29, 1.82) is 0 Å². The van der Waals surface area contributed by atoms with Crippen LogP contribution in [-0.4, -0.2) is 11.3 Å². The summed E-state index contributed by atoms with van der Waals surface area (Å²) < 4.78 is 26.4. The van der Waals surface area contributed by atoms with E-state index in [1.54, 1.807) is 0 Å². The van der Waals surface area contributed by atoms with Crippen LogP contribution in [-0.2, 0) is 11.2 Å². The number of halogens is 2. The van der Waals surface area contributed by atoms with Gasteiger partial charge in [0.15, 0.2) is 17.4 Å². The highest BCUT2D eigenvalue weighted by molar-refractivity contribution is 5.89. The van der Waals surface area contributed by atoms with Crippen LogP contribution in [0.15, 0.2) is 18.2 Å². The van der Waals surface area contributed by atoms with E-state index in [4.69, 9.17) is 5.73 Å². The number of Topliss-reactive ketones (excluding diaryl/α,β-unsaturated/α-hetero) is 1. The Morgan fingerprint density at radius 1 is 1.29 bits per heavy atom. The molecular formula is C13H17F2NO. The largest absolute Gasteiger partial charge is 0.319 e. The average Bonchev–Trinajstić information content (AvgIpc) is 2.33. The SMILES string of the molecule is CCC(N)(CC)C(=O)Cc1cccc(F)c1F. The van der Waals surface area contributed by atoms with Crippen molar-refractivity contribution >= 4 is 5.78 Å². The van der Waals surface area contributed by atoms with Crippen molar-refractivity contribution in [3.05, 3.63) is 35.4 Å². The molecule has 0 bridgehead atoms. The molecule has 4 heteroatoms. The smallest absolute Gasteiger partial charge is 0.162 e. The minimum absolute atomic E-state index is 0.0618. The minimum Gasteiger partial charge on any atom is -0.319 e. The van der Waals surface area contributed by atoms with E-state index >= 15 is 0 Å². The van der Waals surface area contributed by atoms with Crippen molar-refractivity contribution in [2.45, 2.75) is 38.6 Å². The van der Waals surface area contributed by atoms with E-state index in [1.807, 2.05) is 13.8 Å². The molecular weight excluding hydrogens is 224 g/mol. The summed E-state index contributed by atoms with van der Waals surface area (Å²) in [5.41, 5.74) is 5.03. The van der Waals surface area contributed by atoms with Crippen LogP contribution in [0, 0.1) is 11.6 Å². The first-order chi connectivity index (χ1) is 7.94. The number of benzene rings is 1. The minimum atomic E-state index is -0.963. The van der Waals surface area contributed by atoms with Crippen molar-refractivity contribution < 1.29 is 13.6 Å². The second-order valence-corrected chi connectivity index (χ2v) is 4.18. The molecule has 2 nitrogen and oxygen atoms in total. The number of hydrogen-bond donors (Lipinski definition) is 1. The van der Waals surface area contributed by atoms with Gasteiger partial charge in [0.2, 0.25) is 0 Å². The van der Waals surface area contributed by atoms with Crippen molar-refractivity contribution in [3.8, 4) is 0 Å². The number of carbonyl (C=O) groups excluding carboxylic acids is 1. The summed E-state index contributed by atoms with van der Waals surface area (Å²) in [6.07, 6.45) is 0.806. The van der Waals surface area contributed by atoms with Crippen molar-refractivity contribution in [1.82, 2.24) is 0 Å². The lowest BCUT2D eigenvalue weighted by molar-refractivity contribution is -0.123. The van der Waals surface area contributed by atoms with Gasteiger partial charge >= 0.3 is 0 Å². The third kappa shape index (κ3) is 2.88. The van der Waals surface area contributed by atoms with Crippen molar-refractivity contribution in [2.75, 3.05) is 0 Å². The van der Waals surface area contributed by atoms with E-state index in [1.165, 1.54) is 12.1 Å². The quantitative estimate of drug-likeness (QED) is 0.861. The van der Waals surface area contributed by atoms with Gasteiger partial charge in [-0.1, -0.05) is 26.0 Å². The van der Waals surface area contributed by atoms with Gasteiger partial charge in [-0.15, -0.1) is 0 Å². The topological polar surface area (TPSA) is 43.1 Å². The van der Waals surface area contributed by atoms with Crippen LogP contribution in [0.1, 0.15) is 32.3 Å². The van der Waals surface area contributed by atoms with E-state index in [2.05, 4.69) is 0 Å². The van der Waals surface area contributed by atoms with Gasteiger partial charge < -0.3 is 5.73 Å². The Labute approximate surface area is 99.8 Å². The summed E-state index contributed by atoms with van der Waals surface area (Å²) in [5.74, 6) is -2.16. The van der Waals surface area contributed by atoms with E-state index in [-0.39, 0.29) is 17.8 Å². The van der Waals surface area contributed by atoms with Crippen molar-refractivity contribution in [2.24, 2.45) is 5.73 Å². The molecule has 0 aliphatic rings. The maximum atomic E-state index is 13.4. The Morgan fingerprint density at radius 2 is 1.88 bits per heavy atom. The molecule has 0 heterocycles. The third-order valence-corrected chi connectivity index (χ3v) is 3.20. The Morgan fingerprint density at radius 3 is 2.41 bits per heavy atom. The van der Waals surface area contributed by atoms with Crippen LogP contribution in [0.25, 0.3) is 0 Å². The molecule has 0 aromatic heterocycles. The summed E-state index contributed by atoms with van der Waals surface area (Å²) in [6.45, 7) is 3.62. The van der Waals surface area contributed by atoms with Crippen LogP contribution >= 0.6 is 0 Å². The fraction of sp³-hybridized carbons (Fsp3) is 0.462. The molecule has 0 saturated heterocycles. The molecule has 1 aromatic rings. The zero-order valence-electron chi connectivity index (χ0n) is 10.1. The van der Waals surface area contributed by atoms with Crippen LogP contribution in [0.3, 0.4) is 0 Å². The molecule has 1 aromatic carbocycles. The summed E-state index contributed by atoms with van der Waals surface area (Å²) in [6, 6.07) is 3.82. The zero-order valence-corrected chi connectivity index (χ0v) is 10.1. The number of hydrogen-bond acceptors (Lipinski definition) is 2. The Kier molecular flexibility index (Phi) is 4.34. The highest BCUT2D eigenvalue weighted by Gasteiger charge is 2.30. The molecule has 0 aliphatic heterocycles. The monoisotopic (exact) mass is 241 g/mol. The predicted octanol–water partition coefficient (Wildman–Crippen LogP) is 2.59. The third-order valence-electron chi connectivity index (χ3n) is 3.20. The molecule has 2 N–H and O–H groups in total.